The van der Waals surface area contributed by atoms with Crippen molar-refractivity contribution in [2.75, 3.05) is 6.61 Å². The molecule has 20 heavy (non-hydrogen) atoms. The molecule has 0 bridgehead atoms. The van der Waals surface area contributed by atoms with Gasteiger partial charge in [-0.25, -0.2) is 14.3 Å². The van der Waals surface area contributed by atoms with Crippen molar-refractivity contribution in [3.63, 3.8) is 0 Å². The number of rotatable bonds is 3. The van der Waals surface area contributed by atoms with Gasteiger partial charge in [-0.2, -0.15) is 5.10 Å². The molecule has 0 unspecified atom stereocenters. The number of nitrogens with zero attached hydrogens (tertiary/aromatic N) is 1. The summed E-state index contributed by atoms with van der Waals surface area (Å²) in [5.74, 6) is -0.0409. The lowest BCUT2D eigenvalue weighted by Gasteiger charge is -2.04. The normalized spacial score (nSPS) is 8.90. The number of nitrogens with one attached hydrogen (secondary N) is 3. The summed E-state index contributed by atoms with van der Waals surface area (Å²) in [6.45, 7) is 2.33. The molecule has 110 valence electrons. The summed E-state index contributed by atoms with van der Waals surface area (Å²) in [5.41, 5.74) is 0.620. The maximum atomic E-state index is 12.5. The van der Waals surface area contributed by atoms with Gasteiger partial charge in [-0.3, -0.25) is 10.4 Å². The summed E-state index contributed by atoms with van der Waals surface area (Å²) in [6.07, 6.45) is 1.72. The number of H-pyrrole nitrogens is 2. The van der Waals surface area contributed by atoms with Crippen LogP contribution in [-0.4, -0.2) is 27.7 Å². The molecule has 0 saturated carbocycles. The Bertz CT molecular complexity index is 536. The smallest absolute Gasteiger partial charge is 0.340 e. The van der Waals surface area contributed by atoms with E-state index in [2.05, 4.69) is 15.2 Å². The Hall–Kier alpha value is -2.15. The minimum atomic E-state index is -0.269. The van der Waals surface area contributed by atoms with E-state index in [9.17, 15) is 9.18 Å². The summed E-state index contributed by atoms with van der Waals surface area (Å²) in [7, 11) is 0. The zero-order chi connectivity index (χ0) is 14.1. The summed E-state index contributed by atoms with van der Waals surface area (Å²) in [4.78, 5) is 12.2. The Balaban J connectivity index is 0.000000434. The van der Waals surface area contributed by atoms with Crippen LogP contribution in [-0.2, 0) is 11.2 Å². The van der Waals surface area contributed by atoms with Crippen LogP contribution in [0.1, 0.15) is 12.5 Å². The van der Waals surface area contributed by atoms with Gasteiger partial charge in [-0.15, -0.1) is 12.4 Å². The average molecular weight is 303 g/mol. The van der Waals surface area contributed by atoms with Gasteiger partial charge in [0.1, 0.15) is 12.1 Å². The van der Waals surface area contributed by atoms with Crippen LogP contribution in [0.4, 0.5) is 4.39 Å². The SMILES string of the molecule is CCOC(=N)Cc1ccc(F)cc1.Cl.O=c1[nH]cn[nH]1. The third kappa shape index (κ3) is 7.32. The first-order valence-corrected chi connectivity index (χ1v) is 5.64. The zero-order valence-corrected chi connectivity index (χ0v) is 11.7. The van der Waals surface area contributed by atoms with Gasteiger partial charge in [-0.1, -0.05) is 12.1 Å². The summed E-state index contributed by atoms with van der Waals surface area (Å²) in [6, 6.07) is 6.08. The number of hydrogen-bond acceptors (Lipinski definition) is 4. The van der Waals surface area contributed by atoms with E-state index in [4.69, 9.17) is 10.1 Å². The standard InChI is InChI=1S/C10H12FNO.C2H3N3O.ClH/c1-2-13-10(12)7-8-3-5-9(11)6-4-8;6-2-3-1-4-5-2;/h3-6,12H,2,7H2,1H3;1H,(H2,3,4,5,6);1H. The van der Waals surface area contributed by atoms with Gasteiger partial charge in [0.2, 0.25) is 0 Å². The van der Waals surface area contributed by atoms with E-state index in [0.29, 0.717) is 13.0 Å². The molecule has 8 heteroatoms. The lowest BCUT2D eigenvalue weighted by molar-refractivity contribution is 0.317. The van der Waals surface area contributed by atoms with Crippen molar-refractivity contribution in [3.8, 4) is 0 Å². The highest BCUT2D eigenvalue weighted by molar-refractivity contribution is 5.85. The van der Waals surface area contributed by atoms with E-state index in [1.54, 1.807) is 12.1 Å². The Kier molecular flexibility index (Phi) is 8.69. The van der Waals surface area contributed by atoms with Crippen molar-refractivity contribution in [1.82, 2.24) is 15.2 Å². The fourth-order valence-electron chi connectivity index (χ4n) is 1.23. The highest BCUT2D eigenvalue weighted by Crippen LogP contribution is 2.04. The number of hydrogen-bond donors (Lipinski definition) is 3. The van der Waals surface area contributed by atoms with Gasteiger partial charge in [0.25, 0.3) is 0 Å². The Morgan fingerprint density at radius 2 is 2.05 bits per heavy atom. The molecule has 0 radical (unpaired) electrons. The van der Waals surface area contributed by atoms with Crippen LogP contribution in [0, 0.1) is 11.2 Å². The molecule has 0 spiro atoms. The second-order valence-electron chi connectivity index (χ2n) is 3.50. The molecule has 2 aromatic rings. The van der Waals surface area contributed by atoms with E-state index < -0.39 is 0 Å². The zero-order valence-electron chi connectivity index (χ0n) is 10.9. The first-order valence-electron chi connectivity index (χ1n) is 5.64. The number of halogens is 2. The number of ether oxygens (including phenoxy) is 1. The molecule has 1 aromatic carbocycles. The van der Waals surface area contributed by atoms with Gasteiger partial charge in [0.15, 0.2) is 5.90 Å². The third-order valence-corrected chi connectivity index (χ3v) is 2.02. The van der Waals surface area contributed by atoms with Crippen molar-refractivity contribution in [2.45, 2.75) is 13.3 Å². The maximum absolute atomic E-state index is 12.5. The number of aromatic amines is 2. The van der Waals surface area contributed by atoms with Crippen LogP contribution in [0.2, 0.25) is 0 Å². The molecule has 6 nitrogen and oxygen atoms in total. The molecule has 0 saturated heterocycles. The van der Waals surface area contributed by atoms with Crippen molar-refractivity contribution >= 4 is 18.3 Å². The van der Waals surface area contributed by atoms with Gasteiger partial charge >= 0.3 is 5.69 Å². The molecular formula is C12H16ClFN4O2. The van der Waals surface area contributed by atoms with E-state index in [0.717, 1.165) is 5.56 Å². The van der Waals surface area contributed by atoms with Crippen LogP contribution in [0.3, 0.4) is 0 Å². The lowest BCUT2D eigenvalue weighted by atomic mass is 10.1. The quantitative estimate of drug-likeness (QED) is 0.597. The second kappa shape index (κ2) is 9.74. The molecule has 2 rings (SSSR count). The largest absolute Gasteiger partial charge is 0.481 e. The van der Waals surface area contributed by atoms with Crippen molar-refractivity contribution in [1.29, 1.82) is 5.41 Å². The predicted octanol–water partition coefficient (Wildman–Crippen LogP) is 1.90. The monoisotopic (exact) mass is 302 g/mol. The highest BCUT2D eigenvalue weighted by atomic mass is 35.5. The molecule has 0 aliphatic heterocycles. The summed E-state index contributed by atoms with van der Waals surface area (Å²) in [5, 5.41) is 12.8. The molecule has 1 heterocycles. The molecule has 0 aliphatic rings. The molecule has 1 aromatic heterocycles. The minimum Gasteiger partial charge on any atom is -0.481 e. The number of aromatic nitrogens is 3. The first-order chi connectivity index (χ1) is 9.11. The van der Waals surface area contributed by atoms with Gasteiger partial charge in [0.05, 0.1) is 6.61 Å². The molecule has 3 N–H and O–H groups in total. The summed E-state index contributed by atoms with van der Waals surface area (Å²) < 4.78 is 17.5. The Labute approximate surface area is 121 Å². The Morgan fingerprint density at radius 3 is 2.45 bits per heavy atom. The first kappa shape index (κ1) is 17.8. The highest BCUT2D eigenvalue weighted by Gasteiger charge is 1.99. The molecule has 0 fully saturated rings. The van der Waals surface area contributed by atoms with E-state index >= 15 is 0 Å². The molecular weight excluding hydrogens is 287 g/mol. The van der Waals surface area contributed by atoms with Crippen molar-refractivity contribution < 1.29 is 9.13 Å². The second-order valence-corrected chi connectivity index (χ2v) is 3.50. The van der Waals surface area contributed by atoms with Crippen LogP contribution in [0.25, 0.3) is 0 Å². The predicted molar refractivity (Wildman–Crippen MR) is 75.9 cm³/mol. The molecule has 0 aliphatic carbocycles. The average Bonchev–Trinajstić information content (AvgIpc) is 2.84. The van der Waals surface area contributed by atoms with Gasteiger partial charge < -0.3 is 4.74 Å². The minimum absolute atomic E-state index is 0. The van der Waals surface area contributed by atoms with Crippen molar-refractivity contribution in [2.24, 2.45) is 0 Å². The summed E-state index contributed by atoms with van der Waals surface area (Å²) >= 11 is 0. The van der Waals surface area contributed by atoms with Gasteiger partial charge in [-0.05, 0) is 24.6 Å². The van der Waals surface area contributed by atoms with Crippen LogP contribution in [0.15, 0.2) is 35.4 Å². The van der Waals surface area contributed by atoms with Crippen molar-refractivity contribution in [3.05, 3.63) is 52.5 Å². The van der Waals surface area contributed by atoms with E-state index in [-0.39, 0.29) is 29.8 Å². The number of benzene rings is 1. The third-order valence-electron chi connectivity index (χ3n) is 2.02. The fraction of sp³-hybridized carbons (Fsp3) is 0.250. The van der Waals surface area contributed by atoms with E-state index in [1.807, 2.05) is 6.92 Å². The molecule has 0 amide bonds. The topological polar surface area (TPSA) is 94.6 Å². The van der Waals surface area contributed by atoms with Crippen LogP contribution < -0.4 is 5.69 Å². The van der Waals surface area contributed by atoms with Crippen LogP contribution >= 0.6 is 12.4 Å². The Morgan fingerprint density at radius 1 is 1.40 bits per heavy atom. The maximum Gasteiger partial charge on any atom is 0.340 e. The van der Waals surface area contributed by atoms with Crippen LogP contribution in [0.5, 0.6) is 0 Å². The van der Waals surface area contributed by atoms with Gasteiger partial charge in [0, 0.05) is 6.42 Å². The lowest BCUT2D eigenvalue weighted by Crippen LogP contribution is -2.06. The molecule has 0 atom stereocenters. The fourth-order valence-corrected chi connectivity index (χ4v) is 1.23. The van der Waals surface area contributed by atoms with E-state index in [1.165, 1.54) is 18.5 Å².